The maximum Gasteiger partial charge on any atom is 0.262 e. The minimum atomic E-state index is -0.105. The zero-order chi connectivity index (χ0) is 12.1. The van der Waals surface area contributed by atoms with Crippen LogP contribution in [0, 0.1) is 6.92 Å². The second-order valence-corrected chi connectivity index (χ2v) is 4.75. The number of amides is 1. The fraction of sp³-hybridized carbons (Fsp3) is 0.231. The van der Waals surface area contributed by atoms with Crippen molar-refractivity contribution < 1.29 is 4.79 Å². The Hall–Kier alpha value is -1.55. The second-order valence-electron chi connectivity index (χ2n) is 3.87. The highest BCUT2D eigenvalue weighted by atomic mass is 32.2. The van der Waals surface area contributed by atoms with Crippen LogP contribution < -0.4 is 4.72 Å². The largest absolute Gasteiger partial charge is 0.292 e. The van der Waals surface area contributed by atoms with Crippen molar-refractivity contribution in [3.8, 4) is 0 Å². The molecule has 0 radical (unpaired) electrons. The first-order valence-corrected chi connectivity index (χ1v) is 6.33. The number of allylic oxidation sites excluding steroid dienone is 3. The summed E-state index contributed by atoms with van der Waals surface area (Å²) in [5.41, 5.74) is 1.58. The predicted octanol–water partition coefficient (Wildman–Crippen LogP) is 3.00. The van der Waals surface area contributed by atoms with Crippen LogP contribution in [0.4, 0.5) is 0 Å². The van der Waals surface area contributed by atoms with Gasteiger partial charge in [0, 0.05) is 17.3 Å². The van der Waals surface area contributed by atoms with E-state index in [2.05, 4.69) is 21.9 Å². The number of aryl methyl sites for hydroxylation is 1. The minimum Gasteiger partial charge on any atom is -0.292 e. The van der Waals surface area contributed by atoms with Gasteiger partial charge in [-0.15, -0.1) is 0 Å². The van der Waals surface area contributed by atoms with E-state index in [-0.39, 0.29) is 5.91 Å². The van der Waals surface area contributed by atoms with Crippen LogP contribution in [0.3, 0.4) is 0 Å². The van der Waals surface area contributed by atoms with Crippen molar-refractivity contribution in [3.05, 3.63) is 52.7 Å². The maximum absolute atomic E-state index is 11.8. The van der Waals surface area contributed by atoms with Gasteiger partial charge in [-0.25, -0.2) is 0 Å². The van der Waals surface area contributed by atoms with Crippen molar-refractivity contribution >= 4 is 17.9 Å². The van der Waals surface area contributed by atoms with Crippen LogP contribution in [0.5, 0.6) is 0 Å². The summed E-state index contributed by atoms with van der Waals surface area (Å²) in [5.74, 6) is -0.105. The molecule has 3 nitrogen and oxygen atoms in total. The van der Waals surface area contributed by atoms with Gasteiger partial charge < -0.3 is 0 Å². The third-order valence-electron chi connectivity index (χ3n) is 2.36. The summed E-state index contributed by atoms with van der Waals surface area (Å²) in [6.45, 7) is 1.92. The van der Waals surface area contributed by atoms with Crippen LogP contribution >= 0.6 is 11.9 Å². The average Bonchev–Trinajstić information content (AvgIpc) is 2.37. The van der Waals surface area contributed by atoms with Gasteiger partial charge >= 0.3 is 0 Å². The molecular weight excluding hydrogens is 232 g/mol. The van der Waals surface area contributed by atoms with E-state index < -0.39 is 0 Å². The second kappa shape index (κ2) is 5.68. The first kappa shape index (κ1) is 11.9. The quantitative estimate of drug-likeness (QED) is 0.834. The van der Waals surface area contributed by atoms with Gasteiger partial charge in [0.15, 0.2) is 0 Å². The number of rotatable bonds is 3. The van der Waals surface area contributed by atoms with E-state index in [0.717, 1.165) is 23.3 Å². The van der Waals surface area contributed by atoms with Gasteiger partial charge in [0.2, 0.25) is 0 Å². The number of carbonyl (C=O) groups excluding carboxylic acids is 1. The molecule has 0 unspecified atom stereocenters. The topological polar surface area (TPSA) is 42.0 Å². The van der Waals surface area contributed by atoms with Crippen LogP contribution in [0.2, 0.25) is 0 Å². The van der Waals surface area contributed by atoms with Crippen LogP contribution in [0.25, 0.3) is 0 Å². The van der Waals surface area contributed by atoms with Crippen LogP contribution in [0.15, 0.2) is 41.6 Å². The summed E-state index contributed by atoms with van der Waals surface area (Å²) >= 11 is 1.35. The normalized spacial score (nSPS) is 14.3. The number of pyridine rings is 1. The Labute approximate surface area is 105 Å². The van der Waals surface area contributed by atoms with Crippen molar-refractivity contribution in [1.82, 2.24) is 9.71 Å². The Morgan fingerprint density at radius 1 is 1.41 bits per heavy atom. The lowest BCUT2D eigenvalue weighted by molar-refractivity contribution is 0.0984. The monoisotopic (exact) mass is 246 g/mol. The number of nitrogens with one attached hydrogen (secondary N) is 1. The number of nitrogens with zero attached hydrogens (tertiary/aromatic N) is 1. The molecule has 1 aliphatic rings. The van der Waals surface area contributed by atoms with Crippen LogP contribution in [0.1, 0.15) is 28.8 Å². The molecule has 2 rings (SSSR count). The summed E-state index contributed by atoms with van der Waals surface area (Å²) in [6.07, 6.45) is 11.7. The lowest BCUT2D eigenvalue weighted by Crippen LogP contribution is -2.16. The summed E-state index contributed by atoms with van der Waals surface area (Å²) in [6, 6.07) is 1.83. The molecule has 17 heavy (non-hydrogen) atoms. The van der Waals surface area contributed by atoms with Gasteiger partial charge in [-0.1, -0.05) is 18.2 Å². The van der Waals surface area contributed by atoms with Gasteiger partial charge in [-0.05, 0) is 43.3 Å². The fourth-order valence-corrected chi connectivity index (χ4v) is 2.20. The zero-order valence-electron chi connectivity index (χ0n) is 9.64. The number of carbonyl (C=O) groups is 1. The highest BCUT2D eigenvalue weighted by Crippen LogP contribution is 2.19. The molecule has 1 aliphatic carbocycles. The molecule has 0 fully saturated rings. The molecule has 0 atom stereocenters. The Morgan fingerprint density at radius 2 is 2.29 bits per heavy atom. The van der Waals surface area contributed by atoms with E-state index >= 15 is 0 Å². The lowest BCUT2D eigenvalue weighted by Gasteiger charge is -2.07. The molecule has 4 heteroatoms. The molecule has 1 aromatic heterocycles. The fourth-order valence-electron chi connectivity index (χ4n) is 1.51. The third kappa shape index (κ3) is 3.46. The lowest BCUT2D eigenvalue weighted by atomic mass is 10.2. The van der Waals surface area contributed by atoms with Gasteiger partial charge in [-0.3, -0.25) is 14.5 Å². The van der Waals surface area contributed by atoms with Crippen molar-refractivity contribution in [2.45, 2.75) is 19.8 Å². The molecule has 0 aliphatic heterocycles. The highest BCUT2D eigenvalue weighted by Gasteiger charge is 2.07. The molecule has 0 bridgehead atoms. The van der Waals surface area contributed by atoms with Gasteiger partial charge in [0.05, 0.1) is 5.56 Å². The summed E-state index contributed by atoms with van der Waals surface area (Å²) in [7, 11) is 0. The highest BCUT2D eigenvalue weighted by molar-refractivity contribution is 8.01. The third-order valence-corrected chi connectivity index (χ3v) is 3.19. The molecule has 1 amide bonds. The van der Waals surface area contributed by atoms with E-state index in [9.17, 15) is 4.79 Å². The summed E-state index contributed by atoms with van der Waals surface area (Å²) < 4.78 is 2.81. The van der Waals surface area contributed by atoms with Gasteiger partial charge in [-0.2, -0.15) is 0 Å². The summed E-state index contributed by atoms with van der Waals surface area (Å²) in [4.78, 5) is 16.9. The van der Waals surface area contributed by atoms with E-state index in [1.807, 2.05) is 19.1 Å². The van der Waals surface area contributed by atoms with E-state index in [0.29, 0.717) is 5.56 Å². The molecule has 88 valence electrons. The predicted molar refractivity (Wildman–Crippen MR) is 70.5 cm³/mol. The first-order chi connectivity index (χ1) is 8.25. The van der Waals surface area contributed by atoms with Crippen molar-refractivity contribution in [1.29, 1.82) is 0 Å². The van der Waals surface area contributed by atoms with E-state index in [4.69, 9.17) is 0 Å². The number of hydrogen-bond acceptors (Lipinski definition) is 3. The molecule has 1 N–H and O–H groups in total. The van der Waals surface area contributed by atoms with Crippen molar-refractivity contribution in [3.63, 3.8) is 0 Å². The smallest absolute Gasteiger partial charge is 0.262 e. The molecular formula is C13H14N2OS. The molecule has 1 heterocycles. The van der Waals surface area contributed by atoms with Crippen LogP contribution in [-0.2, 0) is 0 Å². The average molecular weight is 246 g/mol. The number of hydrogen-bond donors (Lipinski definition) is 1. The Balaban J connectivity index is 1.93. The summed E-state index contributed by atoms with van der Waals surface area (Å²) in [5, 5.41) is 0. The van der Waals surface area contributed by atoms with Crippen LogP contribution in [-0.4, -0.2) is 10.9 Å². The first-order valence-electron chi connectivity index (χ1n) is 5.51. The Morgan fingerprint density at radius 3 is 3.00 bits per heavy atom. The molecule has 1 aromatic rings. The maximum atomic E-state index is 11.8. The Bertz CT molecular complexity index is 480. The standard InChI is InChI=1S/C13H14N2OS/c1-10-7-11(9-14-8-10)13(16)15-17-12-5-3-2-4-6-12/h3,5-9H,2,4H2,1H3,(H,15,16). The van der Waals surface area contributed by atoms with Crippen molar-refractivity contribution in [2.75, 3.05) is 0 Å². The minimum absolute atomic E-state index is 0.105. The number of aromatic nitrogens is 1. The van der Waals surface area contributed by atoms with Gasteiger partial charge in [0.1, 0.15) is 0 Å². The molecule has 0 spiro atoms. The SMILES string of the molecule is Cc1cncc(C(=O)NSC2=CCCC=C2)c1. The zero-order valence-corrected chi connectivity index (χ0v) is 10.5. The van der Waals surface area contributed by atoms with Gasteiger partial charge in [0.25, 0.3) is 5.91 Å². The molecule has 0 aromatic carbocycles. The molecule has 0 saturated carbocycles. The van der Waals surface area contributed by atoms with E-state index in [1.54, 1.807) is 12.4 Å². The van der Waals surface area contributed by atoms with E-state index in [1.165, 1.54) is 11.9 Å². The molecule has 0 saturated heterocycles. The van der Waals surface area contributed by atoms with Crippen molar-refractivity contribution in [2.24, 2.45) is 0 Å². The Kier molecular flexibility index (Phi) is 3.98.